The van der Waals surface area contributed by atoms with E-state index in [2.05, 4.69) is 47.6 Å². The molecule has 2 amide bonds. The minimum atomic E-state index is -4.39. The number of rotatable bonds is 11. The molecule has 0 aliphatic rings. The van der Waals surface area contributed by atoms with Gasteiger partial charge >= 0.3 is 16.1 Å². The van der Waals surface area contributed by atoms with E-state index in [9.17, 15) is 26.2 Å². The maximum atomic E-state index is 12.8. The van der Waals surface area contributed by atoms with Crippen molar-refractivity contribution in [2.24, 2.45) is 20.5 Å². The van der Waals surface area contributed by atoms with Gasteiger partial charge in [0, 0.05) is 12.1 Å². The van der Waals surface area contributed by atoms with Gasteiger partial charge in [0.25, 0.3) is 10.1 Å². The van der Waals surface area contributed by atoms with Crippen molar-refractivity contribution < 1.29 is 39.3 Å². The Morgan fingerprint density at radius 1 is 0.667 bits per heavy atom. The molecule has 0 heterocycles. The molecule has 45 heavy (non-hydrogen) atoms. The number of thiol groups is 1. The number of nitrogens with zero attached hydrogens (tertiary/aromatic N) is 4. The Balaban J connectivity index is 1.44. The van der Waals surface area contributed by atoms with Gasteiger partial charge in [0.15, 0.2) is 0 Å². The highest BCUT2D eigenvalue weighted by atomic mass is 32.3. The molecule has 0 fully saturated rings. The van der Waals surface area contributed by atoms with Crippen LogP contribution >= 0.6 is 12.9 Å². The van der Waals surface area contributed by atoms with Crippen LogP contribution in [0, 0.1) is 0 Å². The summed E-state index contributed by atoms with van der Waals surface area (Å²) in [7, 11) is -5.62. The molecule has 4 rings (SSSR count). The summed E-state index contributed by atoms with van der Waals surface area (Å²) in [6.45, 7) is 0. The van der Waals surface area contributed by atoms with Crippen LogP contribution < -0.4 is 20.1 Å². The Hall–Kier alpha value is -4.88. The van der Waals surface area contributed by atoms with Crippen molar-refractivity contribution >= 4 is 73.3 Å². The first-order valence-electron chi connectivity index (χ1n) is 12.4. The second-order valence-electron chi connectivity index (χ2n) is 8.75. The molecule has 0 aliphatic carbocycles. The van der Waals surface area contributed by atoms with Gasteiger partial charge in [-0.15, -0.1) is 0 Å². The summed E-state index contributed by atoms with van der Waals surface area (Å²) in [5, 5.41) is 21.5. The predicted octanol–water partition coefficient (Wildman–Crippen LogP) is 6.98. The summed E-state index contributed by atoms with van der Waals surface area (Å²) >= 11 is 3.36. The van der Waals surface area contributed by atoms with Gasteiger partial charge in [-0.1, -0.05) is 12.1 Å². The van der Waals surface area contributed by atoms with Crippen LogP contribution in [0.3, 0.4) is 0 Å². The molecular weight excluding hydrogens is 649 g/mol. The Morgan fingerprint density at radius 3 is 1.51 bits per heavy atom. The second-order valence-corrected chi connectivity index (χ2v) is 12.1. The lowest BCUT2D eigenvalue weighted by Crippen LogP contribution is -2.20. The quantitative estimate of drug-likeness (QED) is 0.0560. The molecule has 0 spiro atoms. The summed E-state index contributed by atoms with van der Waals surface area (Å²) in [5.74, 6) is 0.524. The van der Waals surface area contributed by atoms with Gasteiger partial charge < -0.3 is 20.1 Å². The van der Waals surface area contributed by atoms with Crippen LogP contribution in [0.4, 0.5) is 38.9 Å². The summed E-state index contributed by atoms with van der Waals surface area (Å²) in [6.07, 6.45) is 0. The van der Waals surface area contributed by atoms with E-state index < -0.39 is 26.3 Å². The highest BCUT2D eigenvalue weighted by Crippen LogP contribution is 2.33. The Bertz CT molecular complexity index is 2000. The van der Waals surface area contributed by atoms with Crippen molar-refractivity contribution in [3.63, 3.8) is 0 Å². The van der Waals surface area contributed by atoms with Gasteiger partial charge in [0.05, 0.1) is 58.1 Å². The Labute approximate surface area is 263 Å². The fourth-order valence-electron chi connectivity index (χ4n) is 3.65. The van der Waals surface area contributed by atoms with Crippen LogP contribution in [-0.2, 0) is 23.9 Å². The number of carbonyl (C=O) groups is 1. The van der Waals surface area contributed by atoms with Gasteiger partial charge in [0.2, 0.25) is 0 Å². The molecule has 0 bridgehead atoms. The van der Waals surface area contributed by atoms with E-state index >= 15 is 0 Å². The number of urea groups is 1. The molecule has 234 valence electrons. The van der Waals surface area contributed by atoms with Crippen LogP contribution in [0.1, 0.15) is 0 Å². The summed E-state index contributed by atoms with van der Waals surface area (Å²) in [4.78, 5) is 12.3. The smallest absolute Gasteiger partial charge is 0.323 e. The van der Waals surface area contributed by atoms with Crippen molar-refractivity contribution in [2.75, 3.05) is 24.9 Å². The molecule has 0 radical (unpaired) electrons. The number of methoxy groups -OCH3 is 2. The minimum Gasteiger partial charge on any atom is -0.494 e. The van der Waals surface area contributed by atoms with Crippen LogP contribution in [0.5, 0.6) is 11.5 Å². The third kappa shape index (κ3) is 8.83. The number of carbonyl (C=O) groups excluding carboxylic acids is 1. The average molecular weight is 673 g/mol. The third-order valence-corrected chi connectivity index (χ3v) is 8.21. The summed E-state index contributed by atoms with van der Waals surface area (Å²) in [6, 6.07) is 19.5. The molecule has 0 aromatic heterocycles. The van der Waals surface area contributed by atoms with Gasteiger partial charge in [-0.3, -0.25) is 4.55 Å². The largest absolute Gasteiger partial charge is 0.494 e. The second kappa shape index (κ2) is 14.3. The van der Waals surface area contributed by atoms with Crippen LogP contribution in [0.25, 0.3) is 0 Å². The Kier molecular flexibility index (Phi) is 10.5. The normalized spacial score (nSPS) is 11.9. The molecule has 0 aliphatic heterocycles. The van der Waals surface area contributed by atoms with Crippen molar-refractivity contribution in [3.8, 4) is 11.5 Å². The summed E-state index contributed by atoms with van der Waals surface area (Å²) < 4.78 is 70.5. The van der Waals surface area contributed by atoms with E-state index in [0.717, 1.165) is 6.07 Å². The molecule has 0 unspecified atom stereocenters. The van der Waals surface area contributed by atoms with E-state index in [1.165, 1.54) is 68.8 Å². The van der Waals surface area contributed by atoms with Gasteiger partial charge in [0.1, 0.15) is 11.5 Å². The lowest BCUT2D eigenvalue weighted by molar-refractivity contribution is 0.262. The molecule has 18 heteroatoms. The number of ether oxygens (including phenoxy) is 2. The number of benzene rings is 4. The first-order chi connectivity index (χ1) is 21.4. The molecular formula is C27H24N6O9S3. The molecule has 4 aromatic carbocycles. The van der Waals surface area contributed by atoms with Crippen molar-refractivity contribution in [2.45, 2.75) is 9.79 Å². The molecule has 15 nitrogen and oxygen atoms in total. The zero-order valence-electron chi connectivity index (χ0n) is 23.3. The predicted molar refractivity (Wildman–Crippen MR) is 167 cm³/mol. The molecule has 4 aromatic rings. The van der Waals surface area contributed by atoms with Crippen LogP contribution in [-0.4, -0.2) is 41.6 Å². The van der Waals surface area contributed by atoms with Gasteiger partial charge in [-0.05, 0) is 73.6 Å². The van der Waals surface area contributed by atoms with Crippen LogP contribution in [0.2, 0.25) is 0 Å². The molecule has 0 saturated heterocycles. The van der Waals surface area contributed by atoms with Gasteiger partial charge in [-0.25, -0.2) is 4.79 Å². The fourth-order valence-corrected chi connectivity index (χ4v) is 5.02. The lowest BCUT2D eigenvalue weighted by Gasteiger charge is -2.13. The van der Waals surface area contributed by atoms with Crippen LogP contribution in [0.15, 0.2) is 115 Å². The fraction of sp³-hybridized carbons (Fsp3) is 0.0741. The number of amides is 2. The van der Waals surface area contributed by atoms with E-state index in [1.807, 2.05) is 0 Å². The number of hydrogen-bond donors (Lipinski definition) is 4. The molecule has 0 saturated carbocycles. The first-order valence-corrected chi connectivity index (χ1v) is 15.7. The number of hydrogen-bond acceptors (Lipinski definition) is 13. The van der Waals surface area contributed by atoms with E-state index in [4.69, 9.17) is 9.47 Å². The van der Waals surface area contributed by atoms with Crippen molar-refractivity contribution in [1.29, 1.82) is 0 Å². The van der Waals surface area contributed by atoms with E-state index in [-0.39, 0.29) is 32.7 Å². The minimum absolute atomic E-state index is 0.142. The highest BCUT2D eigenvalue weighted by Gasteiger charge is 2.15. The van der Waals surface area contributed by atoms with Crippen molar-refractivity contribution in [3.05, 3.63) is 84.9 Å². The SMILES string of the molecule is COc1cc(N=Nc2cccc(S(=O)(=O)O)c2)ccc1NC(=O)Nc1ccc(N=Nc2cccc(S(=O)(=O)OS)c2)cc1OC. The highest BCUT2D eigenvalue weighted by molar-refractivity contribution is 7.95. The van der Waals surface area contributed by atoms with Gasteiger partial charge in [-0.2, -0.15) is 40.9 Å². The topological polar surface area (TPSA) is 207 Å². The number of azo groups is 2. The molecule has 3 N–H and O–H groups in total. The van der Waals surface area contributed by atoms with E-state index in [0.29, 0.717) is 22.7 Å². The zero-order valence-corrected chi connectivity index (χ0v) is 25.9. The maximum Gasteiger partial charge on any atom is 0.323 e. The van der Waals surface area contributed by atoms with Crippen molar-refractivity contribution in [1.82, 2.24) is 0 Å². The standard InChI is InChI=1S/C27H24N6O9S3/c1-40-25-15-19(32-30-17-5-3-7-21(13-17)44(35,36)37)9-11-23(25)28-27(34)29-24-12-10-20(16-26(24)41-2)33-31-18-6-4-8-22(14-18)45(38,39)42-43/h3-16,43H,1-2H3,(H2,28,29,34)(H,35,36,37). The Morgan fingerprint density at radius 2 is 1.09 bits per heavy atom. The number of anilines is 2. The first kappa shape index (κ1) is 33.0. The molecule has 0 atom stereocenters. The van der Waals surface area contributed by atoms with E-state index in [1.54, 1.807) is 24.3 Å². The zero-order chi connectivity index (χ0) is 32.6. The summed E-state index contributed by atoms with van der Waals surface area (Å²) in [5.41, 5.74) is 1.74. The monoisotopic (exact) mass is 672 g/mol. The lowest BCUT2D eigenvalue weighted by atomic mass is 10.2. The number of nitrogens with one attached hydrogen (secondary N) is 2. The third-order valence-electron chi connectivity index (χ3n) is 5.75. The maximum absolute atomic E-state index is 12.8. The average Bonchev–Trinajstić information content (AvgIpc) is 3.03.